The number of hydrogen-bond acceptors (Lipinski definition) is 1. The van der Waals surface area contributed by atoms with Gasteiger partial charge in [-0.2, -0.15) is 13.2 Å². The molecule has 2 bridgehead atoms. The summed E-state index contributed by atoms with van der Waals surface area (Å²) in [4.78, 5) is 0. The second kappa shape index (κ2) is 3.96. The van der Waals surface area contributed by atoms with Crippen molar-refractivity contribution in [1.29, 1.82) is 0 Å². The molecule has 0 aliphatic heterocycles. The smallest absolute Gasteiger partial charge is 0.306 e. The summed E-state index contributed by atoms with van der Waals surface area (Å²) >= 11 is 0. The zero-order chi connectivity index (χ0) is 11.1. The van der Waals surface area contributed by atoms with Gasteiger partial charge in [0.05, 0.1) is 6.54 Å². The van der Waals surface area contributed by atoms with E-state index in [1.807, 2.05) is 6.92 Å². The molecule has 88 valence electrons. The molecule has 15 heavy (non-hydrogen) atoms. The summed E-state index contributed by atoms with van der Waals surface area (Å²) in [5.74, 6) is 1.96. The van der Waals surface area contributed by atoms with Crippen LogP contribution < -0.4 is 5.32 Å². The van der Waals surface area contributed by atoms with E-state index in [-0.39, 0.29) is 6.04 Å². The molecule has 1 N–H and O–H groups in total. The van der Waals surface area contributed by atoms with Crippen molar-refractivity contribution in [3.05, 3.63) is 0 Å². The van der Waals surface area contributed by atoms with Crippen LogP contribution in [0, 0.1) is 17.8 Å². The SMILES string of the molecule is CC(NCC(F)(F)F)C1CC2CCC1C2. The highest BCUT2D eigenvalue weighted by molar-refractivity contribution is 4.94. The van der Waals surface area contributed by atoms with Crippen LogP contribution >= 0.6 is 0 Å². The van der Waals surface area contributed by atoms with Crippen molar-refractivity contribution in [2.24, 2.45) is 17.8 Å². The fourth-order valence-electron chi connectivity index (χ4n) is 3.33. The molecule has 1 nitrogen and oxygen atoms in total. The van der Waals surface area contributed by atoms with E-state index in [1.54, 1.807) is 0 Å². The van der Waals surface area contributed by atoms with Crippen LogP contribution in [-0.2, 0) is 0 Å². The average molecular weight is 221 g/mol. The van der Waals surface area contributed by atoms with Gasteiger partial charge in [-0.15, -0.1) is 0 Å². The van der Waals surface area contributed by atoms with Gasteiger partial charge in [0, 0.05) is 6.04 Å². The molecule has 0 spiro atoms. The second-order valence-electron chi connectivity index (χ2n) is 5.12. The van der Waals surface area contributed by atoms with Gasteiger partial charge in [0.25, 0.3) is 0 Å². The molecule has 2 fully saturated rings. The molecule has 0 radical (unpaired) electrons. The van der Waals surface area contributed by atoms with E-state index in [9.17, 15) is 13.2 Å². The molecule has 0 aromatic rings. The van der Waals surface area contributed by atoms with Gasteiger partial charge in [-0.1, -0.05) is 6.42 Å². The standard InChI is InChI=1S/C11H18F3N/c1-7(15-6-11(12,13)14)10-5-8-2-3-9(10)4-8/h7-10,15H,2-6H2,1H3. The first-order chi connectivity index (χ1) is 6.96. The van der Waals surface area contributed by atoms with Crippen molar-refractivity contribution in [1.82, 2.24) is 5.32 Å². The largest absolute Gasteiger partial charge is 0.401 e. The van der Waals surface area contributed by atoms with E-state index >= 15 is 0 Å². The third-order valence-corrected chi connectivity index (χ3v) is 4.06. The third kappa shape index (κ3) is 2.65. The predicted octanol–water partition coefficient (Wildman–Crippen LogP) is 2.96. The molecule has 0 aromatic heterocycles. The number of rotatable bonds is 3. The van der Waals surface area contributed by atoms with E-state index in [1.165, 1.54) is 19.3 Å². The maximum atomic E-state index is 12.0. The Labute approximate surface area is 88.4 Å². The molecule has 2 saturated carbocycles. The minimum absolute atomic E-state index is 0.0157. The summed E-state index contributed by atoms with van der Waals surface area (Å²) in [5, 5.41) is 2.62. The minimum Gasteiger partial charge on any atom is -0.306 e. The van der Waals surface area contributed by atoms with Gasteiger partial charge in [-0.3, -0.25) is 0 Å². The number of hydrogen-bond donors (Lipinski definition) is 1. The summed E-state index contributed by atoms with van der Waals surface area (Å²) in [5.41, 5.74) is 0. The fraction of sp³-hybridized carbons (Fsp3) is 1.00. The van der Waals surface area contributed by atoms with E-state index in [0.717, 1.165) is 12.3 Å². The highest BCUT2D eigenvalue weighted by atomic mass is 19.4. The lowest BCUT2D eigenvalue weighted by Crippen LogP contribution is -2.41. The molecular weight excluding hydrogens is 203 g/mol. The average Bonchev–Trinajstić information content (AvgIpc) is 2.73. The summed E-state index contributed by atoms with van der Waals surface area (Å²) in [6.45, 7) is 1.05. The number of halogens is 3. The summed E-state index contributed by atoms with van der Waals surface area (Å²) < 4.78 is 36.1. The van der Waals surface area contributed by atoms with Crippen LogP contribution in [-0.4, -0.2) is 18.8 Å². The molecule has 2 aliphatic carbocycles. The van der Waals surface area contributed by atoms with Gasteiger partial charge >= 0.3 is 6.18 Å². The highest BCUT2D eigenvalue weighted by Gasteiger charge is 2.42. The molecule has 4 unspecified atom stereocenters. The quantitative estimate of drug-likeness (QED) is 0.772. The Morgan fingerprint density at radius 2 is 2.00 bits per heavy atom. The van der Waals surface area contributed by atoms with Crippen molar-refractivity contribution >= 4 is 0 Å². The van der Waals surface area contributed by atoms with Crippen molar-refractivity contribution in [3.63, 3.8) is 0 Å². The maximum Gasteiger partial charge on any atom is 0.401 e. The summed E-state index contributed by atoms with van der Waals surface area (Å²) in [7, 11) is 0. The number of nitrogens with one attached hydrogen (secondary N) is 1. The Morgan fingerprint density at radius 1 is 1.27 bits per heavy atom. The normalized spacial score (nSPS) is 37.2. The Morgan fingerprint density at radius 3 is 2.47 bits per heavy atom. The van der Waals surface area contributed by atoms with Gasteiger partial charge in [0.1, 0.15) is 0 Å². The molecule has 2 aliphatic rings. The monoisotopic (exact) mass is 221 g/mol. The predicted molar refractivity (Wildman–Crippen MR) is 52.5 cm³/mol. The Balaban J connectivity index is 1.79. The summed E-state index contributed by atoms with van der Waals surface area (Å²) in [6, 6.07) is 0.0157. The molecule has 0 amide bonds. The van der Waals surface area contributed by atoms with E-state index in [4.69, 9.17) is 0 Å². The first-order valence-corrected chi connectivity index (χ1v) is 5.76. The van der Waals surface area contributed by atoms with Crippen molar-refractivity contribution in [3.8, 4) is 0 Å². The number of alkyl halides is 3. The van der Waals surface area contributed by atoms with Crippen LogP contribution in [0.2, 0.25) is 0 Å². The lowest BCUT2D eigenvalue weighted by atomic mass is 9.84. The van der Waals surface area contributed by atoms with Crippen LogP contribution in [0.25, 0.3) is 0 Å². The van der Waals surface area contributed by atoms with Gasteiger partial charge in [0.2, 0.25) is 0 Å². The lowest BCUT2D eigenvalue weighted by molar-refractivity contribution is -0.127. The van der Waals surface area contributed by atoms with Crippen LogP contribution in [0.5, 0.6) is 0 Å². The first kappa shape index (κ1) is 11.2. The van der Waals surface area contributed by atoms with Gasteiger partial charge in [-0.25, -0.2) is 0 Å². The van der Waals surface area contributed by atoms with Crippen molar-refractivity contribution in [2.45, 2.75) is 44.8 Å². The molecule has 4 heteroatoms. The third-order valence-electron chi connectivity index (χ3n) is 4.06. The Bertz CT molecular complexity index is 226. The lowest BCUT2D eigenvalue weighted by Gasteiger charge is -2.28. The maximum absolute atomic E-state index is 12.0. The summed E-state index contributed by atoms with van der Waals surface area (Å²) in [6.07, 6.45) is 0.839. The molecule has 4 atom stereocenters. The number of fused-ring (bicyclic) bond motifs is 2. The van der Waals surface area contributed by atoms with Crippen LogP contribution in [0.4, 0.5) is 13.2 Å². The zero-order valence-electron chi connectivity index (χ0n) is 8.98. The zero-order valence-corrected chi connectivity index (χ0v) is 8.98. The fourth-order valence-corrected chi connectivity index (χ4v) is 3.33. The highest BCUT2D eigenvalue weighted by Crippen LogP contribution is 2.49. The van der Waals surface area contributed by atoms with Gasteiger partial charge in [-0.05, 0) is 43.9 Å². The van der Waals surface area contributed by atoms with Gasteiger partial charge in [0.15, 0.2) is 0 Å². The molecule has 0 saturated heterocycles. The van der Waals surface area contributed by atoms with Crippen LogP contribution in [0.1, 0.15) is 32.6 Å². The minimum atomic E-state index is -4.08. The van der Waals surface area contributed by atoms with E-state index in [2.05, 4.69) is 5.32 Å². The van der Waals surface area contributed by atoms with Crippen molar-refractivity contribution < 1.29 is 13.2 Å². The Hall–Kier alpha value is -0.250. The second-order valence-corrected chi connectivity index (χ2v) is 5.12. The van der Waals surface area contributed by atoms with Crippen LogP contribution in [0.3, 0.4) is 0 Å². The van der Waals surface area contributed by atoms with Crippen LogP contribution in [0.15, 0.2) is 0 Å². The topological polar surface area (TPSA) is 12.0 Å². The Kier molecular flexibility index (Phi) is 2.97. The molecule has 0 aromatic carbocycles. The van der Waals surface area contributed by atoms with Crippen molar-refractivity contribution in [2.75, 3.05) is 6.54 Å². The van der Waals surface area contributed by atoms with E-state index in [0.29, 0.717) is 11.8 Å². The van der Waals surface area contributed by atoms with E-state index < -0.39 is 12.7 Å². The molecular formula is C11H18F3N. The molecule has 2 rings (SSSR count). The first-order valence-electron chi connectivity index (χ1n) is 5.76. The van der Waals surface area contributed by atoms with Gasteiger partial charge < -0.3 is 5.32 Å². The molecule has 0 heterocycles.